The summed E-state index contributed by atoms with van der Waals surface area (Å²) in [7, 11) is 1.76. The van der Waals surface area contributed by atoms with Crippen molar-refractivity contribution in [1.82, 2.24) is 19.3 Å². The summed E-state index contributed by atoms with van der Waals surface area (Å²) in [4.78, 5) is 30.5. The van der Waals surface area contributed by atoms with E-state index < -0.39 is 0 Å². The number of para-hydroxylation sites is 1. The Morgan fingerprint density at radius 3 is 2.62 bits per heavy atom. The minimum Gasteiger partial charge on any atom is -0.325 e. The number of aryl methyl sites for hydroxylation is 3. The van der Waals surface area contributed by atoms with Gasteiger partial charge in [-0.15, -0.1) is 0 Å². The molecule has 8 heteroatoms. The largest absolute Gasteiger partial charge is 0.325 e. The maximum atomic E-state index is 13.2. The van der Waals surface area contributed by atoms with Crippen molar-refractivity contribution >= 4 is 34.4 Å². The second kappa shape index (κ2) is 9.40. The molecule has 164 valence electrons. The van der Waals surface area contributed by atoms with Gasteiger partial charge < -0.3 is 5.32 Å². The van der Waals surface area contributed by atoms with E-state index in [-0.39, 0.29) is 17.2 Å². The lowest BCUT2D eigenvalue weighted by molar-refractivity contribution is -0.113. The van der Waals surface area contributed by atoms with Crippen molar-refractivity contribution in [2.24, 2.45) is 7.05 Å². The van der Waals surface area contributed by atoms with E-state index in [4.69, 9.17) is 0 Å². The molecule has 1 N–H and O–H groups in total. The first-order valence-electron chi connectivity index (χ1n) is 10.4. The summed E-state index contributed by atoms with van der Waals surface area (Å²) in [5.74, 6) is 0.00257. The van der Waals surface area contributed by atoms with Gasteiger partial charge in [0.2, 0.25) is 5.91 Å². The molecule has 0 radical (unpaired) electrons. The average molecular weight is 448 g/mol. The number of fused-ring (bicyclic) bond motifs is 1. The smallest absolute Gasteiger partial charge is 0.282 e. The molecule has 4 aromatic rings. The van der Waals surface area contributed by atoms with E-state index in [9.17, 15) is 9.59 Å². The fourth-order valence-electron chi connectivity index (χ4n) is 3.48. The van der Waals surface area contributed by atoms with Crippen LogP contribution in [-0.2, 0) is 24.8 Å². The number of nitrogens with zero attached hydrogens (tertiary/aromatic N) is 4. The molecule has 0 saturated carbocycles. The van der Waals surface area contributed by atoms with Crippen molar-refractivity contribution in [2.75, 3.05) is 11.1 Å². The van der Waals surface area contributed by atoms with Gasteiger partial charge in [0.05, 0.1) is 18.5 Å². The maximum absolute atomic E-state index is 13.2. The molecule has 1 amide bonds. The van der Waals surface area contributed by atoms with Gasteiger partial charge in [0.25, 0.3) is 5.56 Å². The molecule has 0 aliphatic rings. The van der Waals surface area contributed by atoms with E-state index in [1.165, 1.54) is 11.8 Å². The molecule has 0 aliphatic heterocycles. The summed E-state index contributed by atoms with van der Waals surface area (Å²) >= 11 is 1.25. The number of benzene rings is 2. The topological polar surface area (TPSA) is 81.8 Å². The molecule has 2 aromatic heterocycles. The second-order valence-corrected chi connectivity index (χ2v) is 8.60. The first-order chi connectivity index (χ1) is 15.4. The third-order valence-corrected chi connectivity index (χ3v) is 6.15. The van der Waals surface area contributed by atoms with Crippen LogP contribution in [0.1, 0.15) is 23.6 Å². The Bertz CT molecular complexity index is 1320. The van der Waals surface area contributed by atoms with Crippen LogP contribution in [0.3, 0.4) is 0 Å². The Morgan fingerprint density at radius 2 is 1.88 bits per heavy atom. The lowest BCUT2D eigenvalue weighted by Gasteiger charge is -2.13. The van der Waals surface area contributed by atoms with Crippen molar-refractivity contribution in [2.45, 2.75) is 32.0 Å². The molecule has 2 aromatic carbocycles. The summed E-state index contributed by atoms with van der Waals surface area (Å²) < 4.78 is 3.18. The Hall–Kier alpha value is -3.39. The molecule has 32 heavy (non-hydrogen) atoms. The molecule has 0 saturated heterocycles. The first-order valence-corrected chi connectivity index (χ1v) is 11.4. The van der Waals surface area contributed by atoms with Crippen LogP contribution >= 0.6 is 11.8 Å². The third-order valence-electron chi connectivity index (χ3n) is 5.17. The van der Waals surface area contributed by atoms with Gasteiger partial charge in [0.15, 0.2) is 10.7 Å². The summed E-state index contributed by atoms with van der Waals surface area (Å²) in [5, 5.41) is 7.74. The van der Waals surface area contributed by atoms with Crippen LogP contribution in [0, 0.1) is 6.92 Å². The Balaban J connectivity index is 1.61. The highest BCUT2D eigenvalue weighted by Gasteiger charge is 2.16. The molecule has 7 nitrogen and oxygen atoms in total. The normalized spacial score (nSPS) is 11.1. The minimum atomic E-state index is -0.213. The number of nitrogens with one attached hydrogen (secondary N) is 1. The highest BCUT2D eigenvalue weighted by atomic mass is 32.2. The van der Waals surface area contributed by atoms with E-state index in [0.29, 0.717) is 22.7 Å². The summed E-state index contributed by atoms with van der Waals surface area (Å²) in [6, 6.07) is 15.8. The Labute approximate surface area is 190 Å². The van der Waals surface area contributed by atoms with E-state index in [0.717, 1.165) is 28.8 Å². The Morgan fingerprint density at radius 1 is 1.12 bits per heavy atom. The fraction of sp³-hybridized carbons (Fsp3) is 0.250. The third kappa shape index (κ3) is 4.75. The van der Waals surface area contributed by atoms with Crippen LogP contribution in [0.2, 0.25) is 0 Å². The van der Waals surface area contributed by atoms with Gasteiger partial charge in [-0.25, -0.2) is 4.98 Å². The molecule has 0 spiro atoms. The van der Waals surface area contributed by atoms with Crippen LogP contribution < -0.4 is 10.9 Å². The predicted octanol–water partition coefficient (Wildman–Crippen LogP) is 3.78. The van der Waals surface area contributed by atoms with Gasteiger partial charge in [0, 0.05) is 12.7 Å². The molecule has 2 heterocycles. The minimum absolute atomic E-state index is 0.140. The molecule has 0 aliphatic carbocycles. The van der Waals surface area contributed by atoms with Crippen LogP contribution in [0.5, 0.6) is 0 Å². The molecule has 4 rings (SSSR count). The number of carbonyl (C=O) groups excluding carboxylic acids is 1. The van der Waals surface area contributed by atoms with E-state index >= 15 is 0 Å². The van der Waals surface area contributed by atoms with Crippen molar-refractivity contribution < 1.29 is 4.79 Å². The van der Waals surface area contributed by atoms with Gasteiger partial charge in [0.1, 0.15) is 5.52 Å². The number of amides is 1. The molecule has 0 fully saturated rings. The molecular weight excluding hydrogens is 422 g/mol. The fourth-order valence-corrected chi connectivity index (χ4v) is 4.28. The van der Waals surface area contributed by atoms with Gasteiger partial charge in [-0.05, 0) is 30.5 Å². The van der Waals surface area contributed by atoms with E-state index in [2.05, 4.69) is 22.3 Å². The average Bonchev–Trinajstić information content (AvgIpc) is 3.16. The lowest BCUT2D eigenvalue weighted by Crippen LogP contribution is -2.25. The summed E-state index contributed by atoms with van der Waals surface area (Å²) in [6.07, 6.45) is 2.55. The van der Waals surface area contributed by atoms with Crippen molar-refractivity contribution in [3.63, 3.8) is 0 Å². The van der Waals surface area contributed by atoms with Gasteiger partial charge in [-0.1, -0.05) is 66.7 Å². The number of thioether (sulfide) groups is 1. The summed E-state index contributed by atoms with van der Waals surface area (Å²) in [6.45, 7) is 4.44. The Kier molecular flexibility index (Phi) is 6.41. The maximum Gasteiger partial charge on any atom is 0.282 e. The number of rotatable bonds is 7. The van der Waals surface area contributed by atoms with Gasteiger partial charge >= 0.3 is 0 Å². The standard InChI is InChI=1S/C24H25N5O2S/c1-4-18-7-5-6-8-19(18)25-21(30)15-32-24-26-20-14-28(3)27-22(20)23(31)29(24)13-17-11-9-16(2)10-12-17/h5-12,14H,4,13,15H2,1-3H3,(H,25,30). The van der Waals surface area contributed by atoms with Crippen LogP contribution in [0.15, 0.2) is 64.7 Å². The quantitative estimate of drug-likeness (QED) is 0.344. The number of hydrogen-bond donors (Lipinski definition) is 1. The first kappa shape index (κ1) is 21.8. The van der Waals surface area contributed by atoms with E-state index in [1.54, 1.807) is 22.5 Å². The van der Waals surface area contributed by atoms with Gasteiger partial charge in [-0.3, -0.25) is 18.8 Å². The van der Waals surface area contributed by atoms with E-state index in [1.807, 2.05) is 55.5 Å². The second-order valence-electron chi connectivity index (χ2n) is 7.66. The number of aromatic nitrogens is 4. The van der Waals surface area contributed by atoms with Crippen LogP contribution in [-0.4, -0.2) is 31.0 Å². The SMILES string of the molecule is CCc1ccccc1NC(=O)CSc1nc2cn(C)nc2c(=O)n1Cc1ccc(C)cc1. The highest BCUT2D eigenvalue weighted by molar-refractivity contribution is 7.99. The number of hydrogen-bond acceptors (Lipinski definition) is 5. The zero-order valence-electron chi connectivity index (χ0n) is 18.3. The molecule has 0 unspecified atom stereocenters. The van der Waals surface area contributed by atoms with Crippen molar-refractivity contribution in [3.8, 4) is 0 Å². The predicted molar refractivity (Wildman–Crippen MR) is 128 cm³/mol. The molecule has 0 bridgehead atoms. The van der Waals surface area contributed by atoms with Crippen LogP contribution in [0.4, 0.5) is 5.69 Å². The van der Waals surface area contributed by atoms with Crippen LogP contribution in [0.25, 0.3) is 11.0 Å². The number of carbonyl (C=O) groups is 1. The lowest BCUT2D eigenvalue weighted by atomic mass is 10.1. The molecular formula is C24H25N5O2S. The van der Waals surface area contributed by atoms with Crippen molar-refractivity contribution in [3.05, 3.63) is 81.8 Å². The zero-order chi connectivity index (χ0) is 22.7. The zero-order valence-corrected chi connectivity index (χ0v) is 19.1. The van der Waals surface area contributed by atoms with Crippen molar-refractivity contribution in [1.29, 1.82) is 0 Å². The monoisotopic (exact) mass is 447 g/mol. The number of anilines is 1. The van der Waals surface area contributed by atoms with Gasteiger partial charge in [-0.2, -0.15) is 5.10 Å². The molecule has 0 atom stereocenters. The highest BCUT2D eigenvalue weighted by Crippen LogP contribution is 2.20. The summed E-state index contributed by atoms with van der Waals surface area (Å²) in [5.41, 5.74) is 4.67.